The van der Waals surface area contributed by atoms with Gasteiger partial charge < -0.3 is 10.0 Å². The van der Waals surface area contributed by atoms with Crippen molar-refractivity contribution in [2.75, 3.05) is 10.0 Å². The predicted octanol–water partition coefficient (Wildman–Crippen LogP) is 5.52. The molecule has 0 aliphatic rings. The van der Waals surface area contributed by atoms with E-state index in [9.17, 15) is 4.79 Å². The van der Waals surface area contributed by atoms with Crippen LogP contribution in [0.25, 0.3) is 0 Å². The molecule has 0 saturated heterocycles. The molecule has 1 amide bonds. The van der Waals surface area contributed by atoms with Gasteiger partial charge >= 0.3 is 0 Å². The number of benzene rings is 2. The second-order valence-electron chi connectivity index (χ2n) is 5.41. The van der Waals surface area contributed by atoms with Gasteiger partial charge in [0.05, 0.1) is 0 Å². The Kier molecular flexibility index (Phi) is 5.73. The largest absolute Gasteiger partial charge is 0.326 e. The molecule has 0 spiro atoms. The third kappa shape index (κ3) is 5.08. The fourth-order valence-corrected chi connectivity index (χ4v) is 2.97. The Morgan fingerprint density at radius 3 is 2.60 bits per heavy atom. The monoisotopic (exact) mass is 413 g/mol. The van der Waals surface area contributed by atoms with E-state index in [0.29, 0.717) is 11.4 Å². The van der Waals surface area contributed by atoms with Gasteiger partial charge in [-0.25, -0.2) is 4.98 Å². The first-order valence-corrected chi connectivity index (χ1v) is 9.23. The van der Waals surface area contributed by atoms with Gasteiger partial charge in [0.25, 0.3) is 5.91 Å². The first-order chi connectivity index (χ1) is 12.1. The predicted molar refractivity (Wildman–Crippen MR) is 107 cm³/mol. The number of rotatable bonds is 5. The second kappa shape index (κ2) is 8.18. The van der Waals surface area contributed by atoms with Crippen LogP contribution in [0.2, 0.25) is 0 Å². The van der Waals surface area contributed by atoms with Crippen LogP contribution in [-0.4, -0.2) is 10.9 Å². The smallest absolute Gasteiger partial charge is 0.256 e. The lowest BCUT2D eigenvalue weighted by atomic mass is 10.2. The standard InChI is InChI=1S/C19H16BrN3OS/c1-13-5-10-18(21-12-13)22-19(24)14-3-2-4-16(11-14)23-25-17-8-6-15(20)7-9-17/h2-12,23H,1H3,(H,21,22,24). The minimum absolute atomic E-state index is 0.186. The molecule has 0 atom stereocenters. The molecular weight excluding hydrogens is 398 g/mol. The summed E-state index contributed by atoms with van der Waals surface area (Å²) < 4.78 is 4.29. The molecule has 0 saturated carbocycles. The van der Waals surface area contributed by atoms with Crippen LogP contribution in [0.15, 0.2) is 76.2 Å². The Labute approximate surface area is 159 Å². The maximum atomic E-state index is 12.4. The Morgan fingerprint density at radius 1 is 1.08 bits per heavy atom. The number of nitrogens with one attached hydrogen (secondary N) is 2. The van der Waals surface area contributed by atoms with Crippen LogP contribution in [0.5, 0.6) is 0 Å². The summed E-state index contributed by atoms with van der Waals surface area (Å²) in [5.74, 6) is 0.354. The lowest BCUT2D eigenvalue weighted by Gasteiger charge is -2.08. The van der Waals surface area contributed by atoms with Gasteiger partial charge in [-0.1, -0.05) is 28.1 Å². The highest BCUT2D eigenvalue weighted by Gasteiger charge is 2.07. The number of aryl methyl sites for hydroxylation is 1. The number of carbonyl (C=O) groups is 1. The molecule has 3 aromatic rings. The average molecular weight is 414 g/mol. The highest BCUT2D eigenvalue weighted by molar-refractivity contribution is 9.10. The Hall–Kier alpha value is -2.31. The number of nitrogens with zero attached hydrogens (tertiary/aromatic N) is 1. The van der Waals surface area contributed by atoms with Gasteiger partial charge in [-0.2, -0.15) is 0 Å². The molecule has 4 nitrogen and oxygen atoms in total. The number of carbonyl (C=O) groups excluding carboxylic acids is 1. The summed E-state index contributed by atoms with van der Waals surface area (Å²) in [5.41, 5.74) is 2.48. The third-order valence-corrected chi connectivity index (χ3v) is 4.75. The van der Waals surface area contributed by atoms with E-state index in [2.05, 4.69) is 31.0 Å². The maximum absolute atomic E-state index is 12.4. The van der Waals surface area contributed by atoms with E-state index in [4.69, 9.17) is 0 Å². The molecule has 0 aliphatic carbocycles. The molecule has 0 radical (unpaired) electrons. The van der Waals surface area contributed by atoms with Crippen molar-refractivity contribution in [3.63, 3.8) is 0 Å². The molecule has 2 N–H and O–H groups in total. The molecule has 0 bridgehead atoms. The number of aromatic nitrogens is 1. The molecule has 6 heteroatoms. The van der Waals surface area contributed by atoms with E-state index in [1.807, 2.05) is 55.5 Å². The van der Waals surface area contributed by atoms with E-state index in [-0.39, 0.29) is 5.91 Å². The molecule has 126 valence electrons. The molecule has 0 fully saturated rings. The van der Waals surface area contributed by atoms with Crippen LogP contribution < -0.4 is 10.0 Å². The molecule has 25 heavy (non-hydrogen) atoms. The van der Waals surface area contributed by atoms with Gasteiger partial charge in [0.2, 0.25) is 0 Å². The second-order valence-corrected chi connectivity index (χ2v) is 7.21. The quantitative estimate of drug-likeness (QED) is 0.540. The van der Waals surface area contributed by atoms with Gasteiger partial charge in [-0.3, -0.25) is 4.79 Å². The summed E-state index contributed by atoms with van der Waals surface area (Å²) in [4.78, 5) is 17.7. The number of anilines is 2. The fraction of sp³-hybridized carbons (Fsp3) is 0.0526. The van der Waals surface area contributed by atoms with Gasteiger partial charge in [0.15, 0.2) is 0 Å². The summed E-state index contributed by atoms with van der Waals surface area (Å²) >= 11 is 4.91. The van der Waals surface area contributed by atoms with E-state index < -0.39 is 0 Å². The Morgan fingerprint density at radius 2 is 1.88 bits per heavy atom. The van der Waals surface area contributed by atoms with Crippen LogP contribution in [0.4, 0.5) is 11.5 Å². The van der Waals surface area contributed by atoms with Crippen molar-refractivity contribution < 1.29 is 4.79 Å². The SMILES string of the molecule is Cc1ccc(NC(=O)c2cccc(NSc3ccc(Br)cc3)c2)nc1. The zero-order valence-electron chi connectivity index (χ0n) is 13.5. The van der Waals surface area contributed by atoms with Crippen molar-refractivity contribution >= 4 is 45.3 Å². The van der Waals surface area contributed by atoms with Crippen molar-refractivity contribution in [1.29, 1.82) is 0 Å². The highest BCUT2D eigenvalue weighted by Crippen LogP contribution is 2.23. The van der Waals surface area contributed by atoms with Crippen LogP contribution in [0.1, 0.15) is 15.9 Å². The van der Waals surface area contributed by atoms with Crippen molar-refractivity contribution in [3.05, 3.63) is 82.5 Å². The number of hydrogen-bond donors (Lipinski definition) is 2. The Balaban J connectivity index is 1.64. The molecular formula is C19H16BrN3OS. The Bertz CT molecular complexity index is 867. The summed E-state index contributed by atoms with van der Waals surface area (Å²) in [6.45, 7) is 1.96. The molecule has 1 heterocycles. The van der Waals surface area contributed by atoms with Crippen LogP contribution >= 0.6 is 27.9 Å². The number of hydrogen-bond acceptors (Lipinski definition) is 4. The first-order valence-electron chi connectivity index (χ1n) is 7.63. The summed E-state index contributed by atoms with van der Waals surface area (Å²) in [5, 5.41) is 2.80. The minimum Gasteiger partial charge on any atom is -0.326 e. The zero-order chi connectivity index (χ0) is 17.6. The van der Waals surface area contributed by atoms with Gasteiger partial charge in [-0.15, -0.1) is 0 Å². The first kappa shape index (κ1) is 17.5. The summed E-state index contributed by atoms with van der Waals surface area (Å²) in [6.07, 6.45) is 1.72. The molecule has 0 aliphatic heterocycles. The molecule has 3 rings (SSSR count). The van der Waals surface area contributed by atoms with Gasteiger partial charge in [0, 0.05) is 26.8 Å². The normalized spacial score (nSPS) is 10.3. The van der Waals surface area contributed by atoms with E-state index >= 15 is 0 Å². The molecule has 2 aromatic carbocycles. The summed E-state index contributed by atoms with van der Waals surface area (Å²) in [6, 6.07) is 19.1. The van der Waals surface area contributed by atoms with Crippen molar-refractivity contribution in [1.82, 2.24) is 4.98 Å². The van der Waals surface area contributed by atoms with Crippen LogP contribution in [0, 0.1) is 6.92 Å². The fourth-order valence-electron chi connectivity index (χ4n) is 2.07. The highest BCUT2D eigenvalue weighted by atomic mass is 79.9. The average Bonchev–Trinajstić information content (AvgIpc) is 2.63. The van der Waals surface area contributed by atoms with Crippen LogP contribution in [0.3, 0.4) is 0 Å². The lowest BCUT2D eigenvalue weighted by molar-refractivity contribution is 0.102. The minimum atomic E-state index is -0.186. The maximum Gasteiger partial charge on any atom is 0.256 e. The molecule has 0 unspecified atom stereocenters. The third-order valence-electron chi connectivity index (χ3n) is 3.38. The molecule has 1 aromatic heterocycles. The van der Waals surface area contributed by atoms with Gasteiger partial charge in [0.1, 0.15) is 5.82 Å². The van der Waals surface area contributed by atoms with Gasteiger partial charge in [-0.05, 0) is 73.0 Å². The van der Waals surface area contributed by atoms with E-state index in [0.717, 1.165) is 20.6 Å². The number of pyridine rings is 1. The lowest BCUT2D eigenvalue weighted by Crippen LogP contribution is -2.13. The number of halogens is 1. The van der Waals surface area contributed by atoms with Crippen molar-refractivity contribution in [2.24, 2.45) is 0 Å². The van der Waals surface area contributed by atoms with Crippen molar-refractivity contribution in [3.8, 4) is 0 Å². The zero-order valence-corrected chi connectivity index (χ0v) is 15.9. The van der Waals surface area contributed by atoms with E-state index in [1.165, 1.54) is 11.9 Å². The number of amides is 1. The topological polar surface area (TPSA) is 54.0 Å². The van der Waals surface area contributed by atoms with Crippen molar-refractivity contribution in [2.45, 2.75) is 11.8 Å². The van der Waals surface area contributed by atoms with Crippen LogP contribution in [-0.2, 0) is 0 Å². The summed E-state index contributed by atoms with van der Waals surface area (Å²) in [7, 11) is 0. The van der Waals surface area contributed by atoms with E-state index in [1.54, 1.807) is 18.3 Å².